The Hall–Kier alpha value is -1.88. The number of ether oxygens (including phenoxy) is 1. The van der Waals surface area contributed by atoms with E-state index in [0.717, 1.165) is 17.0 Å². The van der Waals surface area contributed by atoms with Gasteiger partial charge in [0.05, 0.1) is 25.0 Å². The highest BCUT2D eigenvalue weighted by Crippen LogP contribution is 2.23. The Morgan fingerprint density at radius 3 is 2.82 bits per heavy atom. The number of nitrogens with zero attached hydrogens (tertiary/aromatic N) is 3. The van der Waals surface area contributed by atoms with Crippen LogP contribution in [-0.4, -0.2) is 28.9 Å². The van der Waals surface area contributed by atoms with E-state index in [2.05, 4.69) is 15.4 Å². The van der Waals surface area contributed by atoms with E-state index in [4.69, 9.17) is 4.74 Å². The average molecular weight is 232 g/mol. The first-order chi connectivity index (χ1) is 8.26. The Kier molecular flexibility index (Phi) is 3.39. The molecule has 0 bridgehead atoms. The van der Waals surface area contributed by atoms with Gasteiger partial charge >= 0.3 is 0 Å². The molecule has 0 fully saturated rings. The fourth-order valence-corrected chi connectivity index (χ4v) is 1.86. The van der Waals surface area contributed by atoms with Crippen LogP contribution in [0, 0.1) is 0 Å². The van der Waals surface area contributed by atoms with Crippen molar-refractivity contribution in [2.45, 2.75) is 6.04 Å². The molecule has 5 heteroatoms. The number of hydrogen-bond acceptors (Lipinski definition) is 4. The number of methoxy groups -OCH3 is 1. The zero-order valence-corrected chi connectivity index (χ0v) is 10.2. The van der Waals surface area contributed by atoms with E-state index in [1.807, 2.05) is 37.1 Å². The molecular weight excluding hydrogens is 216 g/mol. The van der Waals surface area contributed by atoms with E-state index >= 15 is 0 Å². The third kappa shape index (κ3) is 2.29. The summed E-state index contributed by atoms with van der Waals surface area (Å²) in [5, 5.41) is 7.44. The van der Waals surface area contributed by atoms with Gasteiger partial charge in [-0.3, -0.25) is 9.67 Å². The number of aryl methyl sites for hydroxylation is 1. The highest BCUT2D eigenvalue weighted by atomic mass is 16.5. The van der Waals surface area contributed by atoms with Crippen LogP contribution >= 0.6 is 0 Å². The highest BCUT2D eigenvalue weighted by molar-refractivity contribution is 5.31. The molecule has 0 aromatic carbocycles. The van der Waals surface area contributed by atoms with Gasteiger partial charge in [0.2, 0.25) is 0 Å². The zero-order chi connectivity index (χ0) is 12.3. The fraction of sp³-hybridized carbons (Fsp3) is 0.333. The summed E-state index contributed by atoms with van der Waals surface area (Å²) in [6.45, 7) is 0. The standard InChI is InChI=1S/C12H16N4O/c1-13-12(11-4-5-15-16(11)2)9-6-10(17-3)8-14-7-9/h4-8,12-13H,1-3H3. The lowest BCUT2D eigenvalue weighted by atomic mass is 10.1. The van der Waals surface area contributed by atoms with E-state index in [-0.39, 0.29) is 6.04 Å². The van der Waals surface area contributed by atoms with E-state index < -0.39 is 0 Å². The maximum atomic E-state index is 5.18. The van der Waals surface area contributed by atoms with Crippen molar-refractivity contribution in [2.24, 2.45) is 7.05 Å². The van der Waals surface area contributed by atoms with Crippen molar-refractivity contribution in [3.63, 3.8) is 0 Å². The first kappa shape index (κ1) is 11.6. The lowest BCUT2D eigenvalue weighted by Gasteiger charge is -2.17. The van der Waals surface area contributed by atoms with Crippen LogP contribution in [0.25, 0.3) is 0 Å². The van der Waals surface area contributed by atoms with Crippen LogP contribution in [0.1, 0.15) is 17.3 Å². The van der Waals surface area contributed by atoms with Gasteiger partial charge < -0.3 is 10.1 Å². The monoisotopic (exact) mass is 232 g/mol. The second-order valence-corrected chi connectivity index (χ2v) is 3.76. The van der Waals surface area contributed by atoms with Crippen LogP contribution in [0.15, 0.2) is 30.7 Å². The first-order valence-corrected chi connectivity index (χ1v) is 5.40. The van der Waals surface area contributed by atoms with Crippen molar-refractivity contribution in [2.75, 3.05) is 14.2 Å². The molecule has 2 rings (SSSR count). The van der Waals surface area contributed by atoms with Gasteiger partial charge in [0, 0.05) is 19.4 Å². The van der Waals surface area contributed by atoms with Gasteiger partial charge in [0.15, 0.2) is 0 Å². The summed E-state index contributed by atoms with van der Waals surface area (Å²) < 4.78 is 7.03. The molecule has 0 radical (unpaired) electrons. The summed E-state index contributed by atoms with van der Waals surface area (Å²) in [5.74, 6) is 0.755. The molecule has 2 aromatic heterocycles. The Labute approximate surface area is 100 Å². The normalized spacial score (nSPS) is 12.4. The smallest absolute Gasteiger partial charge is 0.137 e. The third-order valence-electron chi connectivity index (χ3n) is 2.75. The highest BCUT2D eigenvalue weighted by Gasteiger charge is 2.16. The lowest BCUT2D eigenvalue weighted by molar-refractivity contribution is 0.411. The van der Waals surface area contributed by atoms with Gasteiger partial charge in [-0.1, -0.05) is 0 Å². The third-order valence-corrected chi connectivity index (χ3v) is 2.75. The van der Waals surface area contributed by atoms with Crippen LogP contribution in [0.5, 0.6) is 5.75 Å². The summed E-state index contributed by atoms with van der Waals surface area (Å²) in [6, 6.07) is 4.02. The van der Waals surface area contributed by atoms with Crippen LogP contribution < -0.4 is 10.1 Å². The van der Waals surface area contributed by atoms with Crippen molar-refractivity contribution in [1.29, 1.82) is 0 Å². The molecule has 2 aromatic rings. The van der Waals surface area contributed by atoms with E-state index in [1.54, 1.807) is 19.5 Å². The van der Waals surface area contributed by atoms with Crippen LogP contribution in [0.4, 0.5) is 0 Å². The second kappa shape index (κ2) is 4.97. The minimum atomic E-state index is 0.0603. The maximum Gasteiger partial charge on any atom is 0.137 e. The van der Waals surface area contributed by atoms with Crippen LogP contribution in [0.2, 0.25) is 0 Å². The van der Waals surface area contributed by atoms with Crippen LogP contribution in [-0.2, 0) is 7.05 Å². The molecule has 0 amide bonds. The van der Waals surface area contributed by atoms with Gasteiger partial charge in [-0.05, 0) is 24.7 Å². The minimum absolute atomic E-state index is 0.0603. The molecule has 0 spiro atoms. The average Bonchev–Trinajstić information content (AvgIpc) is 2.77. The van der Waals surface area contributed by atoms with Crippen molar-refractivity contribution < 1.29 is 4.74 Å². The molecule has 0 saturated heterocycles. The van der Waals surface area contributed by atoms with E-state index in [9.17, 15) is 0 Å². The predicted octanol–water partition coefficient (Wildman–Crippen LogP) is 1.13. The van der Waals surface area contributed by atoms with Gasteiger partial charge in [-0.25, -0.2) is 0 Å². The Balaban J connectivity index is 2.38. The SMILES string of the molecule is CNC(c1cncc(OC)c1)c1ccnn1C. The molecule has 1 N–H and O–H groups in total. The molecular formula is C12H16N4O. The fourth-order valence-electron chi connectivity index (χ4n) is 1.86. The van der Waals surface area contributed by atoms with E-state index in [0.29, 0.717) is 0 Å². The van der Waals surface area contributed by atoms with Gasteiger partial charge in [-0.15, -0.1) is 0 Å². The van der Waals surface area contributed by atoms with Crippen molar-refractivity contribution >= 4 is 0 Å². The molecule has 0 aliphatic rings. The topological polar surface area (TPSA) is 52.0 Å². The Morgan fingerprint density at radius 2 is 2.24 bits per heavy atom. The number of hydrogen-bond donors (Lipinski definition) is 1. The lowest BCUT2D eigenvalue weighted by Crippen LogP contribution is -2.20. The van der Waals surface area contributed by atoms with Gasteiger partial charge in [0.1, 0.15) is 5.75 Å². The number of pyridine rings is 1. The van der Waals surface area contributed by atoms with Crippen molar-refractivity contribution in [1.82, 2.24) is 20.1 Å². The van der Waals surface area contributed by atoms with Gasteiger partial charge in [-0.2, -0.15) is 5.10 Å². The molecule has 2 heterocycles. The zero-order valence-electron chi connectivity index (χ0n) is 10.2. The number of rotatable bonds is 4. The molecule has 0 saturated carbocycles. The molecule has 5 nitrogen and oxygen atoms in total. The summed E-state index contributed by atoms with van der Waals surface area (Å²) in [6.07, 6.45) is 5.31. The molecule has 0 aliphatic heterocycles. The van der Waals surface area contributed by atoms with Crippen LogP contribution in [0.3, 0.4) is 0 Å². The Bertz CT molecular complexity index is 495. The predicted molar refractivity (Wildman–Crippen MR) is 64.9 cm³/mol. The summed E-state index contributed by atoms with van der Waals surface area (Å²) >= 11 is 0. The van der Waals surface area contributed by atoms with Crippen molar-refractivity contribution in [3.8, 4) is 5.75 Å². The number of aromatic nitrogens is 3. The summed E-state index contributed by atoms with van der Waals surface area (Å²) in [4.78, 5) is 4.17. The second-order valence-electron chi connectivity index (χ2n) is 3.76. The van der Waals surface area contributed by atoms with Gasteiger partial charge in [0.25, 0.3) is 0 Å². The number of nitrogens with one attached hydrogen (secondary N) is 1. The minimum Gasteiger partial charge on any atom is -0.495 e. The molecule has 1 unspecified atom stereocenters. The van der Waals surface area contributed by atoms with E-state index in [1.165, 1.54) is 0 Å². The quantitative estimate of drug-likeness (QED) is 0.858. The molecule has 1 atom stereocenters. The molecule has 17 heavy (non-hydrogen) atoms. The summed E-state index contributed by atoms with van der Waals surface area (Å²) in [7, 11) is 5.48. The molecule has 90 valence electrons. The largest absolute Gasteiger partial charge is 0.495 e. The first-order valence-electron chi connectivity index (χ1n) is 5.40. The maximum absolute atomic E-state index is 5.18. The summed E-state index contributed by atoms with van der Waals surface area (Å²) in [5.41, 5.74) is 2.14. The molecule has 0 aliphatic carbocycles. The van der Waals surface area contributed by atoms with Crippen molar-refractivity contribution in [3.05, 3.63) is 42.0 Å². The Morgan fingerprint density at radius 1 is 1.41 bits per heavy atom.